The minimum atomic E-state index is -3.25. The fourth-order valence-corrected chi connectivity index (χ4v) is 3.97. The van der Waals surface area contributed by atoms with Crippen LogP contribution in [0, 0.1) is 0 Å². The van der Waals surface area contributed by atoms with Crippen LogP contribution in [0.15, 0.2) is 53.4 Å². The summed E-state index contributed by atoms with van der Waals surface area (Å²) in [6.45, 7) is 1.71. The van der Waals surface area contributed by atoms with Crippen molar-refractivity contribution >= 4 is 21.2 Å². The van der Waals surface area contributed by atoms with Crippen LogP contribution in [0.1, 0.15) is 6.42 Å². The molecule has 1 saturated heterocycles. The monoisotopic (exact) mass is 346 g/mol. The molecule has 2 aromatic carbocycles. The van der Waals surface area contributed by atoms with Gasteiger partial charge in [0.05, 0.1) is 23.4 Å². The molecule has 1 aliphatic heterocycles. The molecule has 0 saturated carbocycles. The number of methoxy groups -OCH3 is 1. The van der Waals surface area contributed by atoms with Gasteiger partial charge < -0.3 is 15.0 Å². The number of rotatable bonds is 5. The van der Waals surface area contributed by atoms with E-state index in [-0.39, 0.29) is 6.04 Å². The molecule has 2 aromatic rings. The maximum Gasteiger partial charge on any atom is 0.177 e. The first-order valence-corrected chi connectivity index (χ1v) is 9.82. The smallest absolute Gasteiger partial charge is 0.177 e. The Morgan fingerprint density at radius 2 is 1.83 bits per heavy atom. The highest BCUT2D eigenvalue weighted by Crippen LogP contribution is 2.31. The van der Waals surface area contributed by atoms with Crippen LogP contribution in [-0.4, -0.2) is 40.9 Å². The molecule has 1 atom stereocenters. The lowest BCUT2D eigenvalue weighted by atomic mass is 10.2. The van der Waals surface area contributed by atoms with Gasteiger partial charge in [0.15, 0.2) is 9.84 Å². The summed E-state index contributed by atoms with van der Waals surface area (Å²) in [6, 6.07) is 15.2. The van der Waals surface area contributed by atoms with Crippen LogP contribution >= 0.6 is 0 Å². The summed E-state index contributed by atoms with van der Waals surface area (Å²) in [6.07, 6.45) is 2.18. The Kier molecular flexibility index (Phi) is 4.66. The third kappa shape index (κ3) is 3.48. The van der Waals surface area contributed by atoms with Gasteiger partial charge in [-0.25, -0.2) is 8.42 Å². The first-order valence-electron chi connectivity index (χ1n) is 7.92. The zero-order valence-electron chi connectivity index (χ0n) is 13.9. The first kappa shape index (κ1) is 16.6. The molecule has 0 amide bonds. The van der Waals surface area contributed by atoms with Gasteiger partial charge in [0, 0.05) is 25.4 Å². The van der Waals surface area contributed by atoms with Gasteiger partial charge in [-0.1, -0.05) is 24.3 Å². The Morgan fingerprint density at radius 1 is 1.12 bits per heavy atom. The van der Waals surface area contributed by atoms with Crippen LogP contribution in [-0.2, 0) is 9.84 Å². The van der Waals surface area contributed by atoms with E-state index in [9.17, 15) is 8.42 Å². The molecule has 1 aliphatic rings. The Bertz CT molecular complexity index is 821. The molecule has 3 rings (SSSR count). The number of nitrogens with zero attached hydrogens (tertiary/aromatic N) is 1. The predicted octanol–water partition coefficient (Wildman–Crippen LogP) is 2.79. The summed E-state index contributed by atoms with van der Waals surface area (Å²) < 4.78 is 29.3. The van der Waals surface area contributed by atoms with Crippen molar-refractivity contribution in [1.82, 2.24) is 0 Å². The van der Waals surface area contributed by atoms with Crippen molar-refractivity contribution in [3.8, 4) is 5.75 Å². The first-order chi connectivity index (χ1) is 11.5. The minimum absolute atomic E-state index is 0.192. The van der Waals surface area contributed by atoms with Crippen molar-refractivity contribution in [2.75, 3.05) is 36.7 Å². The predicted molar refractivity (Wildman–Crippen MR) is 96.8 cm³/mol. The van der Waals surface area contributed by atoms with Crippen LogP contribution in [0.4, 0.5) is 11.4 Å². The van der Waals surface area contributed by atoms with E-state index in [1.165, 1.54) is 6.26 Å². The average Bonchev–Trinajstić information content (AvgIpc) is 3.02. The summed E-state index contributed by atoms with van der Waals surface area (Å²) >= 11 is 0. The maximum absolute atomic E-state index is 11.9. The molecular weight excluding hydrogens is 324 g/mol. The van der Waals surface area contributed by atoms with Gasteiger partial charge in [-0.05, 0) is 30.7 Å². The number of hydrogen-bond acceptors (Lipinski definition) is 5. The van der Waals surface area contributed by atoms with Crippen molar-refractivity contribution in [1.29, 1.82) is 0 Å². The van der Waals surface area contributed by atoms with Crippen molar-refractivity contribution in [3.63, 3.8) is 0 Å². The molecule has 24 heavy (non-hydrogen) atoms. The summed E-state index contributed by atoms with van der Waals surface area (Å²) in [5.41, 5.74) is 1.74. The van der Waals surface area contributed by atoms with E-state index in [0.717, 1.165) is 30.9 Å². The van der Waals surface area contributed by atoms with Gasteiger partial charge >= 0.3 is 0 Å². The zero-order valence-corrected chi connectivity index (χ0v) is 14.7. The lowest BCUT2D eigenvalue weighted by molar-refractivity contribution is 0.415. The quantitative estimate of drug-likeness (QED) is 0.902. The van der Waals surface area contributed by atoms with Crippen LogP contribution in [0.3, 0.4) is 0 Å². The topological polar surface area (TPSA) is 58.6 Å². The second-order valence-electron chi connectivity index (χ2n) is 6.02. The number of anilines is 2. The van der Waals surface area contributed by atoms with Crippen LogP contribution in [0.2, 0.25) is 0 Å². The Hall–Kier alpha value is -2.21. The number of sulfone groups is 1. The second kappa shape index (κ2) is 6.73. The molecule has 0 radical (unpaired) electrons. The summed E-state index contributed by atoms with van der Waals surface area (Å²) in [5, 5.41) is 3.39. The highest BCUT2D eigenvalue weighted by molar-refractivity contribution is 7.90. The van der Waals surface area contributed by atoms with E-state index in [0.29, 0.717) is 10.6 Å². The van der Waals surface area contributed by atoms with Gasteiger partial charge in [0.1, 0.15) is 5.75 Å². The van der Waals surface area contributed by atoms with Crippen molar-refractivity contribution in [2.45, 2.75) is 17.4 Å². The second-order valence-corrected chi connectivity index (χ2v) is 8.00. The van der Waals surface area contributed by atoms with Gasteiger partial charge in [-0.15, -0.1) is 0 Å². The third-order valence-electron chi connectivity index (χ3n) is 4.26. The highest BCUT2D eigenvalue weighted by Gasteiger charge is 2.25. The standard InChI is InChI=1S/C18H22N2O3S/c1-23-17-9-5-4-8-16(17)20-12-11-14(13-20)19-15-7-3-6-10-18(15)24(2,21)22/h3-10,14,19H,11-13H2,1-2H3/t14-/m1/s1. The summed E-state index contributed by atoms with van der Waals surface area (Å²) in [4.78, 5) is 2.61. The Labute approximate surface area is 143 Å². The molecule has 5 nitrogen and oxygen atoms in total. The lowest BCUT2D eigenvalue weighted by Crippen LogP contribution is -2.26. The molecule has 0 aliphatic carbocycles. The third-order valence-corrected chi connectivity index (χ3v) is 5.42. The van der Waals surface area contributed by atoms with Crippen molar-refractivity contribution in [3.05, 3.63) is 48.5 Å². The van der Waals surface area contributed by atoms with Gasteiger partial charge in [0.2, 0.25) is 0 Å². The average molecular weight is 346 g/mol. The highest BCUT2D eigenvalue weighted by atomic mass is 32.2. The molecule has 0 aromatic heterocycles. The van der Waals surface area contributed by atoms with Gasteiger partial charge in [-0.3, -0.25) is 0 Å². The molecule has 0 unspecified atom stereocenters. The lowest BCUT2D eigenvalue weighted by Gasteiger charge is -2.22. The molecule has 0 spiro atoms. The van der Waals surface area contributed by atoms with E-state index < -0.39 is 9.84 Å². The summed E-state index contributed by atoms with van der Waals surface area (Å²) in [5.74, 6) is 0.856. The van der Waals surface area contributed by atoms with E-state index in [1.807, 2.05) is 36.4 Å². The van der Waals surface area contributed by atoms with Crippen molar-refractivity contribution in [2.24, 2.45) is 0 Å². The molecule has 1 N–H and O–H groups in total. The molecule has 1 fully saturated rings. The molecule has 128 valence electrons. The van der Waals surface area contributed by atoms with Crippen LogP contribution in [0.25, 0.3) is 0 Å². The molecular formula is C18H22N2O3S. The number of benzene rings is 2. The number of nitrogens with one attached hydrogen (secondary N) is 1. The molecule has 1 heterocycles. The number of ether oxygens (including phenoxy) is 1. The van der Waals surface area contributed by atoms with Crippen molar-refractivity contribution < 1.29 is 13.2 Å². The molecule has 0 bridgehead atoms. The van der Waals surface area contributed by atoms with E-state index in [4.69, 9.17) is 4.74 Å². The maximum atomic E-state index is 11.9. The number of para-hydroxylation sites is 3. The Balaban J connectivity index is 1.76. The van der Waals surface area contributed by atoms with E-state index in [1.54, 1.807) is 19.2 Å². The van der Waals surface area contributed by atoms with Crippen LogP contribution in [0.5, 0.6) is 5.75 Å². The van der Waals surface area contributed by atoms with E-state index >= 15 is 0 Å². The fourth-order valence-electron chi connectivity index (χ4n) is 3.12. The van der Waals surface area contributed by atoms with E-state index in [2.05, 4.69) is 10.2 Å². The summed E-state index contributed by atoms with van der Waals surface area (Å²) in [7, 11) is -1.57. The van der Waals surface area contributed by atoms with Gasteiger partial charge in [0.25, 0.3) is 0 Å². The SMILES string of the molecule is COc1ccccc1N1CC[C@@H](Nc2ccccc2S(C)(=O)=O)C1. The normalized spacial score (nSPS) is 17.8. The molecule has 6 heteroatoms. The Morgan fingerprint density at radius 3 is 2.58 bits per heavy atom. The number of hydrogen-bond donors (Lipinski definition) is 1. The fraction of sp³-hybridized carbons (Fsp3) is 0.333. The largest absolute Gasteiger partial charge is 0.495 e. The zero-order chi connectivity index (χ0) is 17.2. The van der Waals surface area contributed by atoms with Gasteiger partial charge in [-0.2, -0.15) is 0 Å². The minimum Gasteiger partial charge on any atom is -0.495 e. The van der Waals surface area contributed by atoms with Crippen LogP contribution < -0.4 is 15.0 Å².